The number of carbonyl (C=O) groups is 1. The van der Waals surface area contributed by atoms with Gasteiger partial charge in [-0.15, -0.1) is 0 Å². The predicted molar refractivity (Wildman–Crippen MR) is 92.6 cm³/mol. The third-order valence-corrected chi connectivity index (χ3v) is 4.15. The van der Waals surface area contributed by atoms with Crippen LogP contribution in [0.25, 0.3) is 0 Å². The van der Waals surface area contributed by atoms with Gasteiger partial charge in [0.1, 0.15) is 0 Å². The molecule has 0 saturated carbocycles. The van der Waals surface area contributed by atoms with Crippen LogP contribution in [0, 0.1) is 20.8 Å². The minimum absolute atomic E-state index is 0.191. The van der Waals surface area contributed by atoms with Gasteiger partial charge < -0.3 is 0 Å². The van der Waals surface area contributed by atoms with Crippen LogP contribution in [0.1, 0.15) is 22.5 Å². The van der Waals surface area contributed by atoms with Gasteiger partial charge in [0, 0.05) is 18.4 Å². The van der Waals surface area contributed by atoms with Crippen molar-refractivity contribution >= 4 is 23.1 Å². The maximum Gasteiger partial charge on any atom is 0.348 e. The highest BCUT2D eigenvalue weighted by molar-refractivity contribution is 7.79. The zero-order valence-corrected chi connectivity index (χ0v) is 14.9. The molecule has 24 heavy (non-hydrogen) atoms. The molecule has 1 heterocycles. The van der Waals surface area contributed by atoms with Crippen LogP contribution in [-0.4, -0.2) is 27.3 Å². The second-order valence-electron chi connectivity index (χ2n) is 5.37. The number of hydrogen-bond donors (Lipinski definition) is 1. The normalized spacial score (nSPS) is 11.8. The molecule has 7 nitrogen and oxygen atoms in total. The van der Waals surface area contributed by atoms with Gasteiger partial charge in [0.05, 0.1) is 5.75 Å². The molecule has 1 unspecified atom stereocenters. The highest BCUT2D eigenvalue weighted by Crippen LogP contribution is 2.11. The van der Waals surface area contributed by atoms with E-state index in [1.807, 2.05) is 51.1 Å². The average Bonchev–Trinajstić information content (AvgIpc) is 2.53. The molecule has 128 valence electrons. The van der Waals surface area contributed by atoms with E-state index in [1.54, 1.807) is 0 Å². The fourth-order valence-electron chi connectivity index (χ4n) is 2.03. The largest absolute Gasteiger partial charge is 0.348 e. The third-order valence-electron chi connectivity index (χ3n) is 3.33. The van der Waals surface area contributed by atoms with Crippen molar-refractivity contribution in [3.8, 4) is 0 Å². The van der Waals surface area contributed by atoms with Crippen LogP contribution in [0.15, 0.2) is 30.3 Å². The number of nitrogens with zero attached hydrogens (tertiary/aromatic N) is 3. The molecular weight excluding hydrogens is 328 g/mol. The van der Waals surface area contributed by atoms with E-state index in [0.717, 1.165) is 22.5 Å². The topological polar surface area (TPSA) is 84.4 Å². The maximum absolute atomic E-state index is 12.1. The standard InChI is InChI=1S/C16H20N4O3S/c1-11-7-5-6-8-14(11)10-24(22)23-19-16(21)20(4)15-17-12(2)9-13(3)18-15/h5-9H,10H2,1-4H3,(H,19,21). The quantitative estimate of drug-likeness (QED) is 0.839. The summed E-state index contributed by atoms with van der Waals surface area (Å²) in [5, 5.41) is 0. The lowest BCUT2D eigenvalue weighted by Gasteiger charge is -2.16. The molecule has 0 saturated heterocycles. The highest BCUT2D eigenvalue weighted by Gasteiger charge is 2.16. The molecule has 1 atom stereocenters. The number of benzene rings is 1. The fourth-order valence-corrected chi connectivity index (χ4v) is 2.83. The minimum atomic E-state index is -1.68. The molecule has 1 aromatic carbocycles. The highest BCUT2D eigenvalue weighted by atomic mass is 32.2. The number of aromatic nitrogens is 2. The third kappa shape index (κ3) is 4.84. The molecule has 8 heteroatoms. The molecular formula is C16H20N4O3S. The second-order valence-corrected chi connectivity index (χ2v) is 6.44. The van der Waals surface area contributed by atoms with Gasteiger partial charge in [0.2, 0.25) is 5.95 Å². The minimum Gasteiger partial charge on any atom is -0.264 e. The van der Waals surface area contributed by atoms with Crippen LogP contribution in [0.2, 0.25) is 0 Å². The number of carbonyl (C=O) groups excluding carboxylic acids is 1. The van der Waals surface area contributed by atoms with E-state index in [0.29, 0.717) is 0 Å². The molecule has 2 aromatic rings. The predicted octanol–water partition coefficient (Wildman–Crippen LogP) is 2.34. The van der Waals surface area contributed by atoms with E-state index in [-0.39, 0.29) is 11.7 Å². The summed E-state index contributed by atoms with van der Waals surface area (Å²) in [6.07, 6.45) is 0. The van der Waals surface area contributed by atoms with Gasteiger partial charge in [-0.25, -0.2) is 24.5 Å². The van der Waals surface area contributed by atoms with Crippen molar-refractivity contribution in [3.05, 3.63) is 52.8 Å². The van der Waals surface area contributed by atoms with Gasteiger partial charge in [0.25, 0.3) is 0 Å². The Bertz CT molecular complexity index is 746. The monoisotopic (exact) mass is 348 g/mol. The van der Waals surface area contributed by atoms with Crippen molar-refractivity contribution in [2.45, 2.75) is 26.5 Å². The van der Waals surface area contributed by atoms with Gasteiger partial charge >= 0.3 is 6.03 Å². The fraction of sp³-hybridized carbons (Fsp3) is 0.312. The molecule has 0 bridgehead atoms. The summed E-state index contributed by atoms with van der Waals surface area (Å²) in [6, 6.07) is 8.78. The van der Waals surface area contributed by atoms with Crippen molar-refractivity contribution < 1.29 is 13.3 Å². The number of hydroxylamine groups is 1. The van der Waals surface area contributed by atoms with E-state index >= 15 is 0 Å². The van der Waals surface area contributed by atoms with Gasteiger partial charge in [-0.05, 0) is 38.0 Å². The second kappa shape index (κ2) is 7.98. The van der Waals surface area contributed by atoms with E-state index in [1.165, 1.54) is 11.9 Å². The molecule has 0 aliphatic carbocycles. The summed E-state index contributed by atoms with van der Waals surface area (Å²) in [5.74, 6) is 0.440. The SMILES string of the molecule is Cc1cc(C)nc(N(C)C(=O)NOS(=O)Cc2ccccc2C)n1. The molecule has 0 fully saturated rings. The first-order chi connectivity index (χ1) is 11.4. The summed E-state index contributed by atoms with van der Waals surface area (Å²) in [7, 11) is 1.51. The lowest BCUT2D eigenvalue weighted by Crippen LogP contribution is -2.38. The van der Waals surface area contributed by atoms with Crippen molar-refractivity contribution in [2.24, 2.45) is 0 Å². The van der Waals surface area contributed by atoms with Crippen LogP contribution in [0.3, 0.4) is 0 Å². The van der Waals surface area contributed by atoms with Crippen molar-refractivity contribution in [2.75, 3.05) is 11.9 Å². The van der Waals surface area contributed by atoms with Gasteiger partial charge in [-0.2, -0.15) is 4.28 Å². The summed E-state index contributed by atoms with van der Waals surface area (Å²) < 4.78 is 16.9. The van der Waals surface area contributed by atoms with Crippen molar-refractivity contribution in [1.29, 1.82) is 0 Å². The van der Waals surface area contributed by atoms with Crippen molar-refractivity contribution in [3.63, 3.8) is 0 Å². The number of hydrogen-bond acceptors (Lipinski definition) is 5. The number of anilines is 1. The number of nitrogens with one attached hydrogen (secondary N) is 1. The van der Waals surface area contributed by atoms with Gasteiger partial charge in [0.15, 0.2) is 11.1 Å². The summed E-state index contributed by atoms with van der Waals surface area (Å²) in [6.45, 7) is 5.56. The summed E-state index contributed by atoms with van der Waals surface area (Å²) in [4.78, 5) is 21.6. The Hall–Kier alpha value is -2.32. The number of urea groups is 1. The smallest absolute Gasteiger partial charge is 0.264 e. The van der Waals surface area contributed by atoms with Crippen LogP contribution >= 0.6 is 0 Å². The number of amides is 2. The lowest BCUT2D eigenvalue weighted by molar-refractivity contribution is 0.195. The molecule has 2 rings (SSSR count). The van der Waals surface area contributed by atoms with E-state index in [4.69, 9.17) is 4.28 Å². The summed E-state index contributed by atoms with van der Waals surface area (Å²) >= 11 is -1.68. The Morgan fingerprint density at radius 3 is 2.46 bits per heavy atom. The average molecular weight is 348 g/mol. The number of aryl methyl sites for hydroxylation is 3. The maximum atomic E-state index is 12.1. The van der Waals surface area contributed by atoms with E-state index < -0.39 is 17.1 Å². The Morgan fingerprint density at radius 1 is 1.21 bits per heavy atom. The lowest BCUT2D eigenvalue weighted by atomic mass is 10.1. The Balaban J connectivity index is 1.92. The molecule has 0 aliphatic rings. The Labute approximate surface area is 143 Å². The molecule has 0 aliphatic heterocycles. The Morgan fingerprint density at radius 2 is 1.83 bits per heavy atom. The molecule has 1 aromatic heterocycles. The molecule has 1 N–H and O–H groups in total. The summed E-state index contributed by atoms with van der Waals surface area (Å²) in [5.41, 5.74) is 5.58. The zero-order valence-electron chi connectivity index (χ0n) is 14.1. The molecule has 0 spiro atoms. The number of rotatable bonds is 5. The van der Waals surface area contributed by atoms with Gasteiger partial charge in [-0.3, -0.25) is 4.90 Å². The van der Waals surface area contributed by atoms with Crippen molar-refractivity contribution in [1.82, 2.24) is 15.4 Å². The Kier molecular flexibility index (Phi) is 5.99. The zero-order chi connectivity index (χ0) is 17.7. The first-order valence-electron chi connectivity index (χ1n) is 7.33. The van der Waals surface area contributed by atoms with Crippen LogP contribution in [0.5, 0.6) is 0 Å². The first-order valence-corrected chi connectivity index (χ1v) is 8.57. The van der Waals surface area contributed by atoms with Crippen LogP contribution < -0.4 is 10.4 Å². The van der Waals surface area contributed by atoms with Crippen LogP contribution in [-0.2, 0) is 21.1 Å². The molecule has 0 radical (unpaired) electrons. The van der Waals surface area contributed by atoms with Crippen LogP contribution in [0.4, 0.5) is 10.7 Å². The first kappa shape index (κ1) is 18.0. The van der Waals surface area contributed by atoms with E-state index in [9.17, 15) is 9.00 Å². The van der Waals surface area contributed by atoms with Gasteiger partial charge in [-0.1, -0.05) is 24.3 Å². The van der Waals surface area contributed by atoms with E-state index in [2.05, 4.69) is 15.4 Å². The molecule has 2 amide bonds.